The molecule has 0 spiro atoms. The Kier molecular flexibility index (Phi) is 3.27. The lowest BCUT2D eigenvalue weighted by Crippen LogP contribution is -2.21. The predicted octanol–water partition coefficient (Wildman–Crippen LogP) is 3.86. The van der Waals surface area contributed by atoms with Gasteiger partial charge < -0.3 is 10.1 Å². The second-order valence-electron chi connectivity index (χ2n) is 6.70. The summed E-state index contributed by atoms with van der Waals surface area (Å²) in [7, 11) is 0. The van der Waals surface area contributed by atoms with E-state index in [1.54, 1.807) is 35.4 Å². The van der Waals surface area contributed by atoms with E-state index in [0.29, 0.717) is 17.2 Å². The molecule has 5 rings (SSSR count). The number of fused-ring (bicyclic) bond motifs is 2. The molecule has 1 amide bonds. The fourth-order valence-corrected chi connectivity index (χ4v) is 3.49. The number of hydrogen-bond acceptors (Lipinski definition) is 4. The number of H-pyrrole nitrogens is 1. The lowest BCUT2D eigenvalue weighted by Gasteiger charge is -2.17. The monoisotopic (exact) mass is 356 g/mol. The molecule has 1 aliphatic heterocycles. The number of nitrogens with one attached hydrogen (secondary N) is 1. The zero-order valence-corrected chi connectivity index (χ0v) is 14.6. The Morgan fingerprint density at radius 1 is 1.11 bits per heavy atom. The molecule has 0 atom stereocenters. The number of phenolic OH excluding ortho intramolecular Hbond substituents is 1. The number of aromatic hydroxyl groups is 1. The third kappa shape index (κ3) is 2.54. The standard InChI is InChI=1S/C21H16N4O2/c1-12-8-14-9-15(4-7-17(14)23-12)25-20(27)10-18-21(25)24-19(11-22-18)13-2-5-16(26)6-3-13/h2-9,11,23,26H,10H2,1H3. The number of carbonyl (C=O) groups excluding carboxylic acids is 1. The van der Waals surface area contributed by atoms with Gasteiger partial charge in [-0.05, 0) is 55.5 Å². The lowest BCUT2D eigenvalue weighted by molar-refractivity contribution is -0.116. The van der Waals surface area contributed by atoms with Crippen molar-refractivity contribution in [2.24, 2.45) is 0 Å². The molecule has 6 heteroatoms. The second kappa shape index (κ2) is 5.67. The van der Waals surface area contributed by atoms with Gasteiger partial charge in [0.05, 0.1) is 29.7 Å². The maximum absolute atomic E-state index is 12.7. The smallest absolute Gasteiger partial charge is 0.238 e. The van der Waals surface area contributed by atoms with Crippen molar-refractivity contribution in [3.63, 3.8) is 0 Å². The largest absolute Gasteiger partial charge is 0.508 e. The van der Waals surface area contributed by atoms with Crippen LogP contribution in [-0.4, -0.2) is 26.0 Å². The first-order chi connectivity index (χ1) is 13.1. The van der Waals surface area contributed by atoms with Gasteiger partial charge in [-0.2, -0.15) is 0 Å². The molecule has 3 heterocycles. The Morgan fingerprint density at radius 2 is 1.93 bits per heavy atom. The third-order valence-electron chi connectivity index (χ3n) is 4.77. The van der Waals surface area contributed by atoms with Gasteiger partial charge in [-0.1, -0.05) is 0 Å². The average molecular weight is 356 g/mol. The fourth-order valence-electron chi connectivity index (χ4n) is 3.49. The first-order valence-corrected chi connectivity index (χ1v) is 8.66. The molecule has 0 saturated carbocycles. The van der Waals surface area contributed by atoms with Gasteiger partial charge in [0.25, 0.3) is 0 Å². The molecule has 132 valence electrons. The van der Waals surface area contributed by atoms with Gasteiger partial charge in [0.15, 0.2) is 5.82 Å². The number of aryl methyl sites for hydroxylation is 1. The summed E-state index contributed by atoms with van der Waals surface area (Å²) in [5.74, 6) is 0.719. The number of rotatable bonds is 2. The van der Waals surface area contributed by atoms with Crippen molar-refractivity contribution in [3.8, 4) is 17.0 Å². The van der Waals surface area contributed by atoms with Crippen molar-refractivity contribution in [3.05, 3.63) is 66.1 Å². The highest BCUT2D eigenvalue weighted by Crippen LogP contribution is 2.35. The Balaban J connectivity index is 1.61. The number of nitrogens with zero attached hydrogens (tertiary/aromatic N) is 3. The van der Waals surface area contributed by atoms with Gasteiger partial charge in [0.2, 0.25) is 5.91 Å². The minimum Gasteiger partial charge on any atom is -0.508 e. The number of benzene rings is 2. The normalized spacial score (nSPS) is 13.4. The third-order valence-corrected chi connectivity index (χ3v) is 4.77. The van der Waals surface area contributed by atoms with Crippen LogP contribution in [0.2, 0.25) is 0 Å². The Morgan fingerprint density at radius 3 is 2.74 bits per heavy atom. The van der Waals surface area contributed by atoms with Crippen LogP contribution < -0.4 is 4.90 Å². The highest BCUT2D eigenvalue weighted by Gasteiger charge is 2.32. The van der Waals surface area contributed by atoms with Crippen molar-refractivity contribution in [1.82, 2.24) is 15.0 Å². The first kappa shape index (κ1) is 15.6. The summed E-state index contributed by atoms with van der Waals surface area (Å²) < 4.78 is 0. The van der Waals surface area contributed by atoms with Gasteiger partial charge in [0, 0.05) is 22.2 Å². The van der Waals surface area contributed by atoms with E-state index in [4.69, 9.17) is 4.98 Å². The molecule has 0 radical (unpaired) electrons. The van der Waals surface area contributed by atoms with E-state index in [2.05, 4.69) is 16.0 Å². The van der Waals surface area contributed by atoms with E-state index in [1.807, 2.05) is 25.1 Å². The molecule has 4 aromatic rings. The van der Waals surface area contributed by atoms with Crippen LogP contribution in [-0.2, 0) is 11.2 Å². The highest BCUT2D eigenvalue weighted by atomic mass is 16.3. The zero-order chi connectivity index (χ0) is 18.5. The summed E-state index contributed by atoms with van der Waals surface area (Å²) in [5, 5.41) is 10.5. The number of phenols is 1. The van der Waals surface area contributed by atoms with Gasteiger partial charge in [-0.15, -0.1) is 0 Å². The molecule has 0 aliphatic carbocycles. The van der Waals surface area contributed by atoms with Crippen molar-refractivity contribution in [2.45, 2.75) is 13.3 Å². The first-order valence-electron chi connectivity index (χ1n) is 8.66. The van der Waals surface area contributed by atoms with E-state index >= 15 is 0 Å². The quantitative estimate of drug-likeness (QED) is 0.571. The van der Waals surface area contributed by atoms with Gasteiger partial charge in [0.1, 0.15) is 5.75 Å². The minimum atomic E-state index is -0.0422. The molecule has 0 saturated heterocycles. The van der Waals surface area contributed by atoms with Gasteiger partial charge >= 0.3 is 0 Å². The van der Waals surface area contributed by atoms with Crippen molar-refractivity contribution < 1.29 is 9.90 Å². The molecule has 0 fully saturated rings. The van der Waals surface area contributed by atoms with Crippen LogP contribution in [0.4, 0.5) is 11.5 Å². The zero-order valence-electron chi connectivity index (χ0n) is 14.6. The van der Waals surface area contributed by atoms with E-state index in [-0.39, 0.29) is 18.1 Å². The van der Waals surface area contributed by atoms with Crippen LogP contribution in [0.5, 0.6) is 5.75 Å². The Labute approximate surface area is 155 Å². The Bertz CT molecular complexity index is 1190. The van der Waals surface area contributed by atoms with E-state index < -0.39 is 0 Å². The maximum Gasteiger partial charge on any atom is 0.238 e. The Hall–Kier alpha value is -3.67. The summed E-state index contributed by atoms with van der Waals surface area (Å²) >= 11 is 0. The number of aromatic amines is 1. The fraction of sp³-hybridized carbons (Fsp3) is 0.0952. The molecule has 1 aliphatic rings. The molecule has 2 N–H and O–H groups in total. The van der Waals surface area contributed by atoms with Crippen molar-refractivity contribution in [1.29, 1.82) is 0 Å². The molecule has 2 aromatic carbocycles. The molecule has 6 nitrogen and oxygen atoms in total. The molecule has 27 heavy (non-hydrogen) atoms. The van der Waals surface area contributed by atoms with Crippen molar-refractivity contribution >= 4 is 28.3 Å². The summed E-state index contributed by atoms with van der Waals surface area (Å²) in [6.45, 7) is 2.01. The lowest BCUT2D eigenvalue weighted by atomic mass is 10.1. The van der Waals surface area contributed by atoms with Crippen LogP contribution in [0.3, 0.4) is 0 Å². The van der Waals surface area contributed by atoms with E-state index in [0.717, 1.165) is 27.8 Å². The SMILES string of the molecule is Cc1cc2cc(N3C(=O)Cc4ncc(-c5ccc(O)cc5)nc43)ccc2[nH]1. The van der Waals surface area contributed by atoms with Crippen LogP contribution in [0.15, 0.2) is 54.7 Å². The molecule has 0 unspecified atom stereocenters. The van der Waals surface area contributed by atoms with E-state index in [9.17, 15) is 9.90 Å². The summed E-state index contributed by atoms with van der Waals surface area (Å²) in [6, 6.07) is 14.7. The van der Waals surface area contributed by atoms with Crippen molar-refractivity contribution in [2.75, 3.05) is 4.90 Å². The molecule has 2 aromatic heterocycles. The van der Waals surface area contributed by atoms with E-state index in [1.165, 1.54) is 0 Å². The molecule has 0 bridgehead atoms. The summed E-state index contributed by atoms with van der Waals surface area (Å²) in [5.41, 5.74) is 5.05. The molecular formula is C21H16N4O2. The van der Waals surface area contributed by atoms with Crippen LogP contribution in [0.1, 0.15) is 11.4 Å². The number of anilines is 2. The minimum absolute atomic E-state index is 0.0422. The number of hydrogen-bond donors (Lipinski definition) is 2. The predicted molar refractivity (Wildman–Crippen MR) is 103 cm³/mol. The average Bonchev–Trinajstić information content (AvgIpc) is 3.18. The number of aromatic nitrogens is 3. The number of carbonyl (C=O) groups is 1. The highest BCUT2D eigenvalue weighted by molar-refractivity contribution is 6.07. The number of amides is 1. The van der Waals surface area contributed by atoms with Crippen LogP contribution in [0.25, 0.3) is 22.2 Å². The summed E-state index contributed by atoms with van der Waals surface area (Å²) in [4.78, 5) is 26.8. The molecular weight excluding hydrogens is 340 g/mol. The maximum atomic E-state index is 12.7. The van der Waals surface area contributed by atoms with Gasteiger partial charge in [-0.25, -0.2) is 4.98 Å². The second-order valence-corrected chi connectivity index (χ2v) is 6.70. The van der Waals surface area contributed by atoms with Crippen LogP contribution >= 0.6 is 0 Å². The topological polar surface area (TPSA) is 82.1 Å². The van der Waals surface area contributed by atoms with Crippen LogP contribution in [0, 0.1) is 6.92 Å². The van der Waals surface area contributed by atoms with Gasteiger partial charge in [-0.3, -0.25) is 14.7 Å². The summed E-state index contributed by atoms with van der Waals surface area (Å²) in [6.07, 6.45) is 1.91.